The molecule has 0 atom stereocenters. The Hall–Kier alpha value is -1.37. The van der Waals surface area contributed by atoms with Gasteiger partial charge in [-0.15, -0.1) is 0 Å². The highest BCUT2D eigenvalue weighted by atomic mass is 32.1. The second-order valence-electron chi connectivity index (χ2n) is 3.42. The molecule has 0 saturated carbocycles. The van der Waals surface area contributed by atoms with Gasteiger partial charge in [-0.25, -0.2) is 4.98 Å². The predicted molar refractivity (Wildman–Crippen MR) is 75.0 cm³/mol. The van der Waals surface area contributed by atoms with E-state index in [1.807, 2.05) is 34.9 Å². The molecule has 3 rings (SSSR count). The SMILES string of the molecule is S=c1nc[nH]c2c1sc(=S)n2-c1ccccc1. The molecule has 17 heavy (non-hydrogen) atoms. The number of thiazole rings is 1. The summed E-state index contributed by atoms with van der Waals surface area (Å²) in [6, 6.07) is 9.97. The van der Waals surface area contributed by atoms with Crippen LogP contribution in [0.5, 0.6) is 0 Å². The molecule has 3 aromatic rings. The molecule has 84 valence electrons. The molecule has 1 aromatic carbocycles. The second kappa shape index (κ2) is 4.14. The normalized spacial score (nSPS) is 10.8. The number of para-hydroxylation sites is 1. The second-order valence-corrected chi connectivity index (χ2v) is 5.46. The van der Waals surface area contributed by atoms with Crippen LogP contribution in [-0.4, -0.2) is 14.5 Å². The van der Waals surface area contributed by atoms with Crippen LogP contribution in [0.4, 0.5) is 0 Å². The fourth-order valence-corrected chi connectivity index (χ4v) is 3.24. The van der Waals surface area contributed by atoms with E-state index in [2.05, 4.69) is 9.97 Å². The molecule has 1 N–H and O–H groups in total. The van der Waals surface area contributed by atoms with Crippen molar-refractivity contribution in [1.82, 2.24) is 14.5 Å². The van der Waals surface area contributed by atoms with Gasteiger partial charge in [0.1, 0.15) is 15.0 Å². The minimum Gasteiger partial charge on any atom is -0.331 e. The van der Waals surface area contributed by atoms with Crippen LogP contribution in [0.1, 0.15) is 0 Å². The summed E-state index contributed by atoms with van der Waals surface area (Å²) >= 11 is 12.1. The van der Waals surface area contributed by atoms with E-state index < -0.39 is 0 Å². The molecule has 6 heteroatoms. The maximum Gasteiger partial charge on any atom is 0.168 e. The number of nitrogens with one attached hydrogen (secondary N) is 1. The standard InChI is InChI=1S/C11H7N3S3/c15-10-8-9(12-6-13-10)14(11(16)17-8)7-4-2-1-3-5-7/h1-6H,(H,12,13,15). The summed E-state index contributed by atoms with van der Waals surface area (Å²) in [6.45, 7) is 0. The Morgan fingerprint density at radius 1 is 1.18 bits per heavy atom. The van der Waals surface area contributed by atoms with Gasteiger partial charge in [0.25, 0.3) is 0 Å². The van der Waals surface area contributed by atoms with E-state index in [1.54, 1.807) is 6.33 Å². The van der Waals surface area contributed by atoms with E-state index in [0.29, 0.717) is 4.64 Å². The van der Waals surface area contributed by atoms with E-state index in [0.717, 1.165) is 20.0 Å². The summed E-state index contributed by atoms with van der Waals surface area (Å²) in [5.41, 5.74) is 1.94. The van der Waals surface area contributed by atoms with Gasteiger partial charge in [0.15, 0.2) is 3.95 Å². The lowest BCUT2D eigenvalue weighted by atomic mass is 10.3. The van der Waals surface area contributed by atoms with Gasteiger partial charge < -0.3 is 4.98 Å². The number of benzene rings is 1. The maximum atomic E-state index is 5.38. The highest BCUT2D eigenvalue weighted by molar-refractivity contribution is 7.74. The fraction of sp³-hybridized carbons (Fsp3) is 0. The number of hydrogen-bond acceptors (Lipinski definition) is 4. The third-order valence-corrected chi connectivity index (χ3v) is 4.22. The third-order valence-electron chi connectivity index (χ3n) is 2.40. The zero-order valence-corrected chi connectivity index (χ0v) is 11.0. The maximum absolute atomic E-state index is 5.38. The number of aromatic amines is 1. The van der Waals surface area contributed by atoms with Gasteiger partial charge in [0.05, 0.1) is 6.33 Å². The average molecular weight is 277 g/mol. The topological polar surface area (TPSA) is 33.6 Å². The van der Waals surface area contributed by atoms with Crippen molar-refractivity contribution < 1.29 is 0 Å². The van der Waals surface area contributed by atoms with Crippen molar-refractivity contribution in [3.8, 4) is 5.69 Å². The molecule has 0 saturated heterocycles. The van der Waals surface area contributed by atoms with Crippen LogP contribution in [0, 0.1) is 8.59 Å². The summed E-state index contributed by atoms with van der Waals surface area (Å²) in [5.74, 6) is 0. The zero-order valence-electron chi connectivity index (χ0n) is 8.58. The van der Waals surface area contributed by atoms with Gasteiger partial charge in [-0.3, -0.25) is 4.57 Å². The number of aromatic nitrogens is 3. The molecular formula is C11H7N3S3. The molecule has 0 radical (unpaired) electrons. The number of H-pyrrole nitrogens is 1. The van der Waals surface area contributed by atoms with Crippen molar-refractivity contribution in [2.45, 2.75) is 0 Å². The summed E-state index contributed by atoms with van der Waals surface area (Å²) in [4.78, 5) is 7.17. The molecule has 0 aliphatic heterocycles. The Morgan fingerprint density at radius 2 is 1.94 bits per heavy atom. The summed E-state index contributed by atoms with van der Waals surface area (Å²) in [6.07, 6.45) is 1.60. The van der Waals surface area contributed by atoms with Crippen LogP contribution in [0.2, 0.25) is 0 Å². The van der Waals surface area contributed by atoms with Gasteiger partial charge in [-0.2, -0.15) is 0 Å². The fourth-order valence-electron chi connectivity index (χ4n) is 1.67. The minimum atomic E-state index is 0.588. The molecule has 0 aliphatic carbocycles. The number of hydrogen-bond donors (Lipinski definition) is 1. The number of rotatable bonds is 1. The summed E-state index contributed by atoms with van der Waals surface area (Å²) in [5, 5.41) is 0. The first-order valence-corrected chi connectivity index (χ1v) is 6.55. The molecule has 3 nitrogen and oxygen atoms in total. The third kappa shape index (κ3) is 1.74. The lowest BCUT2D eigenvalue weighted by molar-refractivity contribution is 1.06. The Balaban J connectivity index is 2.46. The molecule has 0 bridgehead atoms. The van der Waals surface area contributed by atoms with Crippen LogP contribution in [0.15, 0.2) is 36.7 Å². The van der Waals surface area contributed by atoms with Gasteiger partial charge in [-0.1, -0.05) is 41.8 Å². The monoisotopic (exact) mass is 277 g/mol. The van der Waals surface area contributed by atoms with Crippen molar-refractivity contribution in [2.75, 3.05) is 0 Å². The Labute approximate surface area is 111 Å². The van der Waals surface area contributed by atoms with E-state index in [-0.39, 0.29) is 0 Å². The Bertz CT molecular complexity index is 783. The quantitative estimate of drug-likeness (QED) is 0.685. The van der Waals surface area contributed by atoms with Gasteiger partial charge in [0, 0.05) is 5.69 Å². The van der Waals surface area contributed by atoms with Crippen LogP contribution in [0.25, 0.3) is 16.0 Å². The van der Waals surface area contributed by atoms with E-state index in [9.17, 15) is 0 Å². The van der Waals surface area contributed by atoms with E-state index >= 15 is 0 Å². The molecule has 0 spiro atoms. The van der Waals surface area contributed by atoms with Crippen LogP contribution >= 0.6 is 35.8 Å². The Morgan fingerprint density at radius 3 is 2.71 bits per heavy atom. The van der Waals surface area contributed by atoms with E-state index in [1.165, 1.54) is 11.3 Å². The molecule has 2 heterocycles. The lowest BCUT2D eigenvalue weighted by Gasteiger charge is -2.03. The smallest absolute Gasteiger partial charge is 0.168 e. The van der Waals surface area contributed by atoms with E-state index in [4.69, 9.17) is 24.4 Å². The highest BCUT2D eigenvalue weighted by Gasteiger charge is 2.08. The lowest BCUT2D eigenvalue weighted by Crippen LogP contribution is -1.95. The van der Waals surface area contributed by atoms with Crippen molar-refractivity contribution in [1.29, 1.82) is 0 Å². The van der Waals surface area contributed by atoms with Gasteiger partial charge in [0.2, 0.25) is 0 Å². The van der Waals surface area contributed by atoms with Crippen LogP contribution in [0.3, 0.4) is 0 Å². The van der Waals surface area contributed by atoms with Crippen molar-refractivity contribution in [3.63, 3.8) is 0 Å². The molecule has 0 aliphatic rings. The van der Waals surface area contributed by atoms with Crippen LogP contribution < -0.4 is 0 Å². The molecule has 2 aromatic heterocycles. The molecule has 0 fully saturated rings. The first kappa shape index (κ1) is 10.8. The van der Waals surface area contributed by atoms with Crippen molar-refractivity contribution in [3.05, 3.63) is 45.3 Å². The minimum absolute atomic E-state index is 0.588. The Kier molecular flexibility index (Phi) is 2.62. The van der Waals surface area contributed by atoms with Gasteiger partial charge >= 0.3 is 0 Å². The van der Waals surface area contributed by atoms with Crippen LogP contribution in [-0.2, 0) is 0 Å². The first-order chi connectivity index (χ1) is 8.27. The summed E-state index contributed by atoms with van der Waals surface area (Å²) < 4.78 is 4.26. The predicted octanol–water partition coefficient (Wildman–Crippen LogP) is 3.87. The zero-order chi connectivity index (χ0) is 11.8. The van der Waals surface area contributed by atoms with Crippen molar-refractivity contribution in [2.24, 2.45) is 0 Å². The summed E-state index contributed by atoms with van der Waals surface area (Å²) in [7, 11) is 0. The highest BCUT2D eigenvalue weighted by Crippen LogP contribution is 2.24. The molecule has 0 unspecified atom stereocenters. The largest absolute Gasteiger partial charge is 0.331 e. The number of fused-ring (bicyclic) bond motifs is 1. The molecular weight excluding hydrogens is 270 g/mol. The molecule has 0 amide bonds. The van der Waals surface area contributed by atoms with Crippen molar-refractivity contribution >= 4 is 46.1 Å². The van der Waals surface area contributed by atoms with Gasteiger partial charge in [-0.05, 0) is 24.4 Å². The average Bonchev–Trinajstić information content (AvgIpc) is 2.68. The first-order valence-electron chi connectivity index (χ1n) is 4.92. The number of nitrogens with zero attached hydrogens (tertiary/aromatic N) is 2.